The molecule has 4 atom stereocenters. The van der Waals surface area contributed by atoms with E-state index < -0.39 is 0 Å². The highest BCUT2D eigenvalue weighted by molar-refractivity contribution is 5.92. The third-order valence-corrected chi connectivity index (χ3v) is 4.77. The average Bonchev–Trinajstić information content (AvgIpc) is 2.51. The number of hydrogen-bond acceptors (Lipinski definition) is 3. The SMILES string of the molecule is CN(C)C(=O)C1CC2CCN1C(Cc1ccccc1)C2=O. The molecule has 0 spiro atoms. The van der Waals surface area contributed by atoms with Gasteiger partial charge in [-0.05, 0) is 24.8 Å². The molecule has 3 aliphatic rings. The van der Waals surface area contributed by atoms with Gasteiger partial charge in [0.05, 0.1) is 12.1 Å². The molecule has 1 aromatic rings. The molecular formula is C17H22N2O2. The maximum absolute atomic E-state index is 12.6. The molecule has 1 aromatic carbocycles. The lowest BCUT2D eigenvalue weighted by atomic mass is 9.76. The van der Waals surface area contributed by atoms with Gasteiger partial charge in [-0.1, -0.05) is 30.3 Å². The number of Topliss-reactive ketones (excluding diaryl/α,β-unsaturated/α-hetero) is 1. The summed E-state index contributed by atoms with van der Waals surface area (Å²) in [4.78, 5) is 28.7. The van der Waals surface area contributed by atoms with E-state index in [1.807, 2.05) is 18.2 Å². The van der Waals surface area contributed by atoms with Gasteiger partial charge in [0.1, 0.15) is 0 Å². The Bertz CT molecular complexity index is 541. The lowest BCUT2D eigenvalue weighted by Crippen LogP contribution is -2.64. The summed E-state index contributed by atoms with van der Waals surface area (Å²) in [6.45, 7) is 0.859. The van der Waals surface area contributed by atoms with Gasteiger partial charge in [-0.25, -0.2) is 0 Å². The number of fused-ring (bicyclic) bond motifs is 3. The fourth-order valence-corrected chi connectivity index (χ4v) is 3.65. The van der Waals surface area contributed by atoms with Gasteiger partial charge in [0.25, 0.3) is 0 Å². The number of ketones is 1. The highest BCUT2D eigenvalue weighted by atomic mass is 16.2. The minimum atomic E-state index is -0.131. The molecule has 0 aromatic heterocycles. The van der Waals surface area contributed by atoms with Gasteiger partial charge in [0.2, 0.25) is 5.91 Å². The molecule has 21 heavy (non-hydrogen) atoms. The van der Waals surface area contributed by atoms with Gasteiger partial charge in [-0.15, -0.1) is 0 Å². The summed E-state index contributed by atoms with van der Waals surface area (Å²) >= 11 is 0. The predicted molar refractivity (Wildman–Crippen MR) is 80.9 cm³/mol. The second-order valence-corrected chi connectivity index (χ2v) is 6.32. The summed E-state index contributed by atoms with van der Waals surface area (Å²) in [6, 6.07) is 9.84. The molecule has 3 heterocycles. The Morgan fingerprint density at radius 3 is 2.67 bits per heavy atom. The number of carbonyl (C=O) groups is 2. The number of likely N-dealkylation sites (N-methyl/N-ethyl adjacent to an activating group) is 1. The first-order valence-electron chi connectivity index (χ1n) is 7.62. The number of amides is 1. The van der Waals surface area contributed by atoms with Crippen molar-refractivity contribution in [3.8, 4) is 0 Å². The van der Waals surface area contributed by atoms with Crippen molar-refractivity contribution in [2.45, 2.75) is 31.3 Å². The van der Waals surface area contributed by atoms with Gasteiger partial charge in [0.15, 0.2) is 5.78 Å². The van der Waals surface area contributed by atoms with E-state index in [9.17, 15) is 9.59 Å². The van der Waals surface area contributed by atoms with Crippen molar-refractivity contribution < 1.29 is 9.59 Å². The zero-order chi connectivity index (χ0) is 15.0. The molecule has 4 rings (SSSR count). The van der Waals surface area contributed by atoms with Crippen LogP contribution in [0.3, 0.4) is 0 Å². The molecular weight excluding hydrogens is 264 g/mol. The number of hydrogen-bond donors (Lipinski definition) is 0. The van der Waals surface area contributed by atoms with Crippen molar-refractivity contribution in [3.05, 3.63) is 35.9 Å². The molecule has 4 nitrogen and oxygen atoms in total. The summed E-state index contributed by atoms with van der Waals surface area (Å²) in [7, 11) is 3.58. The molecule has 0 N–H and O–H groups in total. The summed E-state index contributed by atoms with van der Waals surface area (Å²) in [5, 5.41) is 0. The maximum Gasteiger partial charge on any atom is 0.239 e. The van der Waals surface area contributed by atoms with Crippen LogP contribution in [0.15, 0.2) is 30.3 Å². The Morgan fingerprint density at radius 2 is 2.00 bits per heavy atom. The van der Waals surface area contributed by atoms with Crippen LogP contribution in [-0.4, -0.2) is 54.2 Å². The molecule has 112 valence electrons. The molecule has 0 aliphatic carbocycles. The average molecular weight is 286 g/mol. The van der Waals surface area contributed by atoms with Crippen molar-refractivity contribution in [1.29, 1.82) is 0 Å². The molecule has 4 heteroatoms. The van der Waals surface area contributed by atoms with E-state index in [0.29, 0.717) is 18.6 Å². The number of rotatable bonds is 3. The Kier molecular flexibility index (Phi) is 3.81. The Balaban J connectivity index is 1.82. The third kappa shape index (κ3) is 2.60. The first-order chi connectivity index (χ1) is 10.1. The van der Waals surface area contributed by atoms with E-state index >= 15 is 0 Å². The summed E-state index contributed by atoms with van der Waals surface area (Å²) in [5.41, 5.74) is 1.17. The molecule has 2 bridgehead atoms. The minimum Gasteiger partial charge on any atom is -0.347 e. The van der Waals surface area contributed by atoms with Crippen molar-refractivity contribution in [1.82, 2.24) is 9.80 Å². The van der Waals surface area contributed by atoms with Crippen molar-refractivity contribution in [2.24, 2.45) is 5.92 Å². The van der Waals surface area contributed by atoms with Gasteiger partial charge < -0.3 is 4.90 Å². The van der Waals surface area contributed by atoms with Crippen LogP contribution >= 0.6 is 0 Å². The molecule has 3 fully saturated rings. The van der Waals surface area contributed by atoms with Crippen molar-refractivity contribution >= 4 is 11.7 Å². The first kappa shape index (κ1) is 14.3. The Labute approximate surface area is 125 Å². The smallest absolute Gasteiger partial charge is 0.239 e. The predicted octanol–water partition coefficient (Wildman–Crippen LogP) is 1.35. The molecule has 0 saturated carbocycles. The topological polar surface area (TPSA) is 40.6 Å². The summed E-state index contributed by atoms with van der Waals surface area (Å²) in [6.07, 6.45) is 2.32. The van der Waals surface area contributed by atoms with Gasteiger partial charge in [-0.2, -0.15) is 0 Å². The van der Waals surface area contributed by atoms with E-state index in [1.165, 1.54) is 5.56 Å². The van der Waals surface area contributed by atoms with Crippen LogP contribution in [-0.2, 0) is 16.0 Å². The van der Waals surface area contributed by atoms with Crippen molar-refractivity contribution in [3.63, 3.8) is 0 Å². The summed E-state index contributed by atoms with van der Waals surface area (Å²) < 4.78 is 0. The third-order valence-electron chi connectivity index (χ3n) is 4.77. The van der Waals surface area contributed by atoms with Crippen LogP contribution in [0.25, 0.3) is 0 Å². The Hall–Kier alpha value is -1.68. The molecule has 0 radical (unpaired) electrons. The zero-order valence-electron chi connectivity index (χ0n) is 12.7. The molecule has 3 aliphatic heterocycles. The number of nitrogens with zero attached hydrogens (tertiary/aromatic N) is 2. The minimum absolute atomic E-state index is 0.0672. The summed E-state index contributed by atoms with van der Waals surface area (Å²) in [5.74, 6) is 0.524. The van der Waals surface area contributed by atoms with Crippen LogP contribution < -0.4 is 0 Å². The number of benzene rings is 1. The Morgan fingerprint density at radius 1 is 1.29 bits per heavy atom. The van der Waals surface area contributed by atoms with E-state index in [0.717, 1.165) is 13.0 Å². The van der Waals surface area contributed by atoms with E-state index in [2.05, 4.69) is 17.0 Å². The van der Waals surface area contributed by atoms with E-state index in [1.54, 1.807) is 19.0 Å². The lowest BCUT2D eigenvalue weighted by molar-refractivity contribution is -0.151. The van der Waals surface area contributed by atoms with Crippen LogP contribution in [0, 0.1) is 5.92 Å². The fraction of sp³-hybridized carbons (Fsp3) is 0.529. The zero-order valence-corrected chi connectivity index (χ0v) is 12.7. The van der Waals surface area contributed by atoms with Crippen LogP contribution in [0.4, 0.5) is 0 Å². The van der Waals surface area contributed by atoms with E-state index in [-0.39, 0.29) is 23.9 Å². The fourth-order valence-electron chi connectivity index (χ4n) is 3.65. The quantitative estimate of drug-likeness (QED) is 0.842. The molecule has 3 saturated heterocycles. The maximum atomic E-state index is 12.6. The highest BCUT2D eigenvalue weighted by Crippen LogP contribution is 2.35. The molecule has 1 amide bonds. The standard InChI is InChI=1S/C17H22N2O2/c1-18(2)17(21)15-11-13-8-9-19(15)14(16(13)20)10-12-6-4-3-5-7-12/h3-7,13-15H,8-11H2,1-2H3. The molecule has 4 unspecified atom stereocenters. The van der Waals surface area contributed by atoms with Crippen LogP contribution in [0.5, 0.6) is 0 Å². The van der Waals surface area contributed by atoms with Crippen LogP contribution in [0.1, 0.15) is 18.4 Å². The normalized spacial score (nSPS) is 31.2. The van der Waals surface area contributed by atoms with Gasteiger partial charge >= 0.3 is 0 Å². The second-order valence-electron chi connectivity index (χ2n) is 6.32. The second kappa shape index (κ2) is 5.60. The van der Waals surface area contributed by atoms with E-state index in [4.69, 9.17) is 0 Å². The first-order valence-corrected chi connectivity index (χ1v) is 7.62. The van der Waals surface area contributed by atoms with Crippen LogP contribution in [0.2, 0.25) is 0 Å². The lowest BCUT2D eigenvalue weighted by Gasteiger charge is -2.49. The largest absolute Gasteiger partial charge is 0.347 e. The van der Waals surface area contributed by atoms with Gasteiger partial charge in [0, 0.05) is 26.6 Å². The number of carbonyl (C=O) groups excluding carboxylic acids is 2. The highest BCUT2D eigenvalue weighted by Gasteiger charge is 2.48. The van der Waals surface area contributed by atoms with Gasteiger partial charge in [-0.3, -0.25) is 14.5 Å². The monoisotopic (exact) mass is 286 g/mol. The van der Waals surface area contributed by atoms with Crippen molar-refractivity contribution in [2.75, 3.05) is 20.6 Å². The number of piperidine rings is 3.